The van der Waals surface area contributed by atoms with Crippen LogP contribution in [-0.4, -0.2) is 52.5 Å². The van der Waals surface area contributed by atoms with Gasteiger partial charge in [0.1, 0.15) is 29.0 Å². The molecule has 1 aromatic heterocycles. The number of carbonyl (C=O) groups is 1. The van der Waals surface area contributed by atoms with E-state index in [2.05, 4.69) is 15.0 Å². The fraction of sp³-hybridized carbons (Fsp3) is 0.387. The van der Waals surface area contributed by atoms with Crippen molar-refractivity contribution in [1.82, 2.24) is 9.99 Å². The molecule has 1 amide bonds. The Hall–Kier alpha value is -3.92. The van der Waals surface area contributed by atoms with E-state index in [0.29, 0.717) is 73.6 Å². The van der Waals surface area contributed by atoms with Gasteiger partial charge in [-0.15, -0.1) is 0 Å². The van der Waals surface area contributed by atoms with E-state index < -0.39 is 23.3 Å². The summed E-state index contributed by atoms with van der Waals surface area (Å²) in [7, 11) is 0. The van der Waals surface area contributed by atoms with Gasteiger partial charge in [-0.25, -0.2) is 23.2 Å². The Morgan fingerprint density at radius 1 is 1.05 bits per heavy atom. The van der Waals surface area contributed by atoms with Crippen LogP contribution in [-0.2, 0) is 4.79 Å². The Kier molecular flexibility index (Phi) is 8.30. The lowest BCUT2D eigenvalue weighted by atomic mass is 9.94. The average molecular weight is 567 g/mol. The molecule has 1 atom stereocenters. The number of aromatic nitrogens is 1. The molecule has 1 N–H and O–H groups in total. The second kappa shape index (κ2) is 11.9. The van der Waals surface area contributed by atoms with Crippen molar-refractivity contribution >= 4 is 17.9 Å². The molecule has 0 bridgehead atoms. The minimum absolute atomic E-state index is 0.168. The third-order valence-corrected chi connectivity index (χ3v) is 7.47. The van der Waals surface area contributed by atoms with Crippen LogP contribution >= 0.6 is 0 Å². The fourth-order valence-corrected chi connectivity index (χ4v) is 5.21. The van der Waals surface area contributed by atoms with E-state index in [9.17, 15) is 23.1 Å². The number of hydrazone groups is 1. The predicted molar refractivity (Wildman–Crippen MR) is 150 cm³/mol. The summed E-state index contributed by atoms with van der Waals surface area (Å²) in [6, 6.07) is 10.9. The second-order valence-electron chi connectivity index (χ2n) is 11.2. The molecule has 10 heteroatoms. The predicted octanol–water partition coefficient (Wildman–Crippen LogP) is 5.88. The number of amides is 1. The fourth-order valence-electron chi connectivity index (χ4n) is 5.21. The Labute approximate surface area is 237 Å². The largest absolute Gasteiger partial charge is 0.493 e. The van der Waals surface area contributed by atoms with Gasteiger partial charge in [-0.05, 0) is 80.3 Å². The number of ether oxygens (including phenoxy) is 1. The number of rotatable bonds is 8. The number of carbonyl (C=O) groups excluding carboxylic acids is 1. The molecule has 0 radical (unpaired) electrons. The summed E-state index contributed by atoms with van der Waals surface area (Å²) >= 11 is 0. The van der Waals surface area contributed by atoms with E-state index in [1.165, 1.54) is 23.2 Å². The van der Waals surface area contributed by atoms with Gasteiger partial charge in [-0.1, -0.05) is 0 Å². The third kappa shape index (κ3) is 6.87. The summed E-state index contributed by atoms with van der Waals surface area (Å²) in [5, 5.41) is 15.5. The molecule has 2 aromatic carbocycles. The molecule has 2 aliphatic rings. The molecule has 1 fully saturated rings. The highest BCUT2D eigenvalue weighted by Gasteiger charge is 2.35. The number of aliphatic hydroxyl groups is 1. The Balaban J connectivity index is 1.23. The number of hydrogen-bond donors (Lipinski definition) is 1. The minimum Gasteiger partial charge on any atom is -0.493 e. The summed E-state index contributed by atoms with van der Waals surface area (Å²) in [5.74, 6) is -1.04. The number of hydrogen-bond acceptors (Lipinski definition) is 6. The van der Waals surface area contributed by atoms with E-state index in [-0.39, 0.29) is 17.6 Å². The van der Waals surface area contributed by atoms with Gasteiger partial charge in [-0.2, -0.15) is 5.10 Å². The molecule has 1 unspecified atom stereocenters. The van der Waals surface area contributed by atoms with Crippen molar-refractivity contribution in [2.45, 2.75) is 51.2 Å². The summed E-state index contributed by atoms with van der Waals surface area (Å²) in [4.78, 5) is 19.9. The first-order valence-corrected chi connectivity index (χ1v) is 13.7. The summed E-state index contributed by atoms with van der Waals surface area (Å²) in [6.45, 7) is 4.83. The molecule has 1 saturated heterocycles. The van der Waals surface area contributed by atoms with Crippen molar-refractivity contribution in [1.29, 1.82) is 0 Å². The molecule has 0 saturated carbocycles. The van der Waals surface area contributed by atoms with Crippen molar-refractivity contribution in [2.75, 3.05) is 24.6 Å². The van der Waals surface area contributed by atoms with Gasteiger partial charge in [0.2, 0.25) is 5.91 Å². The molecule has 216 valence electrons. The number of anilines is 1. The van der Waals surface area contributed by atoms with Crippen LogP contribution in [0.4, 0.5) is 19.0 Å². The van der Waals surface area contributed by atoms with Crippen molar-refractivity contribution in [3.63, 3.8) is 0 Å². The van der Waals surface area contributed by atoms with Gasteiger partial charge in [0.05, 0.1) is 18.2 Å². The summed E-state index contributed by atoms with van der Waals surface area (Å²) in [5.41, 5.74) is 0.553. The van der Waals surface area contributed by atoms with Crippen molar-refractivity contribution < 1.29 is 27.8 Å². The van der Waals surface area contributed by atoms with Gasteiger partial charge in [0.25, 0.3) is 0 Å². The van der Waals surface area contributed by atoms with Crippen LogP contribution in [0.3, 0.4) is 0 Å². The lowest BCUT2D eigenvalue weighted by molar-refractivity contribution is -0.138. The number of piperidine rings is 1. The zero-order valence-electron chi connectivity index (χ0n) is 23.1. The van der Waals surface area contributed by atoms with Crippen LogP contribution in [0, 0.1) is 23.4 Å². The topological polar surface area (TPSA) is 78.3 Å². The molecule has 3 aromatic rings. The first kappa shape index (κ1) is 28.6. The van der Waals surface area contributed by atoms with E-state index in [0.717, 1.165) is 6.07 Å². The molecule has 0 aliphatic carbocycles. The van der Waals surface area contributed by atoms with Gasteiger partial charge >= 0.3 is 0 Å². The van der Waals surface area contributed by atoms with Crippen molar-refractivity contribution in [3.05, 3.63) is 77.7 Å². The summed E-state index contributed by atoms with van der Waals surface area (Å²) < 4.78 is 48.1. The monoisotopic (exact) mass is 566 g/mol. The van der Waals surface area contributed by atoms with Crippen LogP contribution in [0.2, 0.25) is 0 Å². The maximum atomic E-state index is 14.8. The number of pyridine rings is 1. The Morgan fingerprint density at radius 3 is 2.49 bits per heavy atom. The van der Waals surface area contributed by atoms with E-state index in [1.807, 2.05) is 6.07 Å². The van der Waals surface area contributed by atoms with E-state index in [1.54, 1.807) is 44.5 Å². The lowest BCUT2D eigenvalue weighted by Gasteiger charge is -2.34. The normalized spacial score (nSPS) is 17.8. The molecule has 3 heterocycles. The van der Waals surface area contributed by atoms with E-state index >= 15 is 0 Å². The smallest absolute Gasteiger partial charge is 0.246 e. The van der Waals surface area contributed by atoms with Crippen LogP contribution in [0.5, 0.6) is 5.75 Å². The Bertz CT molecular complexity index is 1410. The van der Waals surface area contributed by atoms with Crippen molar-refractivity contribution in [2.24, 2.45) is 11.0 Å². The standard InChI is InChI=1S/C31H33F3N4O3/c1-31(2,40)9-14-41-25-3-4-27(34)26(19-25)21-5-10-35-29(17-21)37-12-7-20(8-13-37)30(39)38-28(6-11-36-38)22-15-23(32)18-24(33)16-22/h3-5,10-11,15-20,28,40H,6-9,12-14H2,1-2H3. The van der Waals surface area contributed by atoms with Gasteiger partial charge in [0.15, 0.2) is 0 Å². The molecular formula is C31H33F3N4O3. The van der Waals surface area contributed by atoms with Crippen molar-refractivity contribution in [3.8, 4) is 16.9 Å². The molecule has 41 heavy (non-hydrogen) atoms. The zero-order valence-corrected chi connectivity index (χ0v) is 23.1. The van der Waals surface area contributed by atoms with Gasteiger partial charge in [0, 0.05) is 55.9 Å². The third-order valence-electron chi connectivity index (χ3n) is 7.47. The zero-order chi connectivity index (χ0) is 29.1. The SMILES string of the molecule is CC(C)(O)CCOc1ccc(F)c(-c2ccnc(N3CCC(C(=O)N4N=CCC4c4cc(F)cc(F)c4)CC3)c2)c1. The Morgan fingerprint density at radius 2 is 1.78 bits per heavy atom. The first-order chi connectivity index (χ1) is 19.6. The highest BCUT2D eigenvalue weighted by atomic mass is 19.1. The van der Waals surface area contributed by atoms with E-state index in [4.69, 9.17) is 4.74 Å². The highest BCUT2D eigenvalue weighted by molar-refractivity contribution is 5.82. The number of nitrogens with zero attached hydrogens (tertiary/aromatic N) is 4. The maximum absolute atomic E-state index is 14.8. The van der Waals surface area contributed by atoms with Gasteiger partial charge in [-0.3, -0.25) is 4.79 Å². The summed E-state index contributed by atoms with van der Waals surface area (Å²) in [6.07, 6.45) is 5.17. The molecule has 7 nitrogen and oxygen atoms in total. The van der Waals surface area contributed by atoms with Crippen LogP contribution in [0.1, 0.15) is 51.1 Å². The average Bonchev–Trinajstić information content (AvgIpc) is 3.43. The number of halogens is 3. The van der Waals surface area contributed by atoms with Gasteiger partial charge < -0.3 is 14.7 Å². The maximum Gasteiger partial charge on any atom is 0.246 e. The molecular weight excluding hydrogens is 533 g/mol. The quantitative estimate of drug-likeness (QED) is 0.369. The van der Waals surface area contributed by atoms with Crippen LogP contribution in [0.15, 0.2) is 59.8 Å². The minimum atomic E-state index is -0.856. The second-order valence-corrected chi connectivity index (χ2v) is 11.2. The first-order valence-electron chi connectivity index (χ1n) is 13.7. The molecule has 5 rings (SSSR count). The highest BCUT2D eigenvalue weighted by Crippen LogP contribution is 2.34. The molecule has 2 aliphatic heterocycles. The lowest BCUT2D eigenvalue weighted by Crippen LogP contribution is -2.41. The molecule has 0 spiro atoms. The van der Waals surface area contributed by atoms with Crippen LogP contribution < -0.4 is 9.64 Å². The van der Waals surface area contributed by atoms with Crippen LogP contribution in [0.25, 0.3) is 11.1 Å². The number of benzene rings is 2.